The largest absolute Gasteiger partial charge is 0.479 e. The van der Waals surface area contributed by atoms with Gasteiger partial charge in [0.25, 0.3) is 0 Å². The van der Waals surface area contributed by atoms with Gasteiger partial charge in [-0.25, -0.2) is 4.79 Å². The smallest absolute Gasteiger partial charge is 0.334 e. The summed E-state index contributed by atoms with van der Waals surface area (Å²) in [6.07, 6.45) is 3.48. The summed E-state index contributed by atoms with van der Waals surface area (Å²) in [5.41, 5.74) is 0. The molecule has 1 N–H and O–H groups in total. The van der Waals surface area contributed by atoms with E-state index >= 15 is 0 Å². The van der Waals surface area contributed by atoms with Crippen molar-refractivity contribution < 1.29 is 23.8 Å². The third kappa shape index (κ3) is 2.98. The van der Waals surface area contributed by atoms with Crippen LogP contribution in [0.5, 0.6) is 0 Å². The molecule has 0 unspecified atom stereocenters. The normalized spacial score (nSPS) is 20.2. The number of carbonyl (C=O) groups is 2. The molecule has 1 atom stereocenters. The van der Waals surface area contributed by atoms with Crippen LogP contribution in [0, 0.1) is 0 Å². The Labute approximate surface area is 103 Å². The van der Waals surface area contributed by atoms with Crippen molar-refractivity contribution in [3.05, 3.63) is 30.2 Å². The predicted octanol–water partition coefficient (Wildman–Crippen LogP) is 0.605. The minimum atomic E-state index is -1.05. The standard InChI is InChI=1S/C12H13NO5/c14-11(4-3-9-2-1-6-17-9)13-5-7-18-10(8-13)12(15)16/h1-4,6,10H,5,7-8H2,(H,15,16)/b4-3-/t10-/m1/s1. The van der Waals surface area contributed by atoms with Crippen LogP contribution in [0.3, 0.4) is 0 Å². The minimum absolute atomic E-state index is 0.0661. The van der Waals surface area contributed by atoms with Crippen molar-refractivity contribution in [3.8, 4) is 0 Å². The molecule has 0 radical (unpaired) electrons. The zero-order valence-electron chi connectivity index (χ0n) is 9.61. The molecular formula is C12H13NO5. The minimum Gasteiger partial charge on any atom is -0.479 e. The van der Waals surface area contributed by atoms with Gasteiger partial charge in [0.15, 0.2) is 6.10 Å². The third-order valence-electron chi connectivity index (χ3n) is 2.59. The van der Waals surface area contributed by atoms with E-state index in [9.17, 15) is 9.59 Å². The summed E-state index contributed by atoms with van der Waals surface area (Å²) in [6, 6.07) is 3.45. The summed E-state index contributed by atoms with van der Waals surface area (Å²) in [6.45, 7) is 0.694. The maximum atomic E-state index is 11.8. The zero-order chi connectivity index (χ0) is 13.0. The fraction of sp³-hybridized carbons (Fsp3) is 0.333. The van der Waals surface area contributed by atoms with Crippen molar-refractivity contribution in [3.63, 3.8) is 0 Å². The van der Waals surface area contributed by atoms with E-state index in [2.05, 4.69) is 0 Å². The van der Waals surface area contributed by atoms with Gasteiger partial charge in [0, 0.05) is 12.6 Å². The summed E-state index contributed by atoms with van der Waals surface area (Å²) < 4.78 is 10.1. The number of nitrogens with zero attached hydrogens (tertiary/aromatic N) is 1. The molecule has 18 heavy (non-hydrogen) atoms. The molecule has 0 spiro atoms. The topological polar surface area (TPSA) is 80.0 Å². The number of ether oxygens (including phenoxy) is 1. The van der Waals surface area contributed by atoms with Gasteiger partial charge in [-0.15, -0.1) is 0 Å². The lowest BCUT2D eigenvalue weighted by Crippen LogP contribution is -2.48. The molecule has 6 heteroatoms. The number of furan rings is 1. The summed E-state index contributed by atoms with van der Waals surface area (Å²) in [5.74, 6) is -0.727. The van der Waals surface area contributed by atoms with Crippen LogP contribution >= 0.6 is 0 Å². The number of rotatable bonds is 3. The second-order valence-corrected chi connectivity index (χ2v) is 3.83. The quantitative estimate of drug-likeness (QED) is 0.796. The van der Waals surface area contributed by atoms with E-state index in [1.54, 1.807) is 18.2 Å². The number of morpholine rings is 1. The Morgan fingerprint density at radius 1 is 1.50 bits per heavy atom. The Hall–Kier alpha value is -2.08. The molecule has 1 aromatic rings. The summed E-state index contributed by atoms with van der Waals surface area (Å²) >= 11 is 0. The van der Waals surface area contributed by atoms with Gasteiger partial charge in [0.05, 0.1) is 19.4 Å². The maximum Gasteiger partial charge on any atom is 0.334 e. The monoisotopic (exact) mass is 251 g/mol. The fourth-order valence-corrected chi connectivity index (χ4v) is 1.64. The van der Waals surface area contributed by atoms with Crippen LogP contribution in [-0.4, -0.2) is 47.7 Å². The van der Waals surface area contributed by atoms with Gasteiger partial charge in [-0.2, -0.15) is 0 Å². The lowest BCUT2D eigenvalue weighted by molar-refractivity contribution is -0.158. The van der Waals surface area contributed by atoms with Crippen molar-refractivity contribution in [1.82, 2.24) is 4.90 Å². The lowest BCUT2D eigenvalue weighted by atomic mass is 10.2. The van der Waals surface area contributed by atoms with Crippen molar-refractivity contribution in [2.45, 2.75) is 6.10 Å². The summed E-state index contributed by atoms with van der Waals surface area (Å²) in [5, 5.41) is 8.82. The van der Waals surface area contributed by atoms with Gasteiger partial charge < -0.3 is 19.2 Å². The van der Waals surface area contributed by atoms with Crippen LogP contribution in [0.25, 0.3) is 6.08 Å². The molecule has 1 aliphatic heterocycles. The van der Waals surface area contributed by atoms with Gasteiger partial charge >= 0.3 is 5.97 Å². The summed E-state index contributed by atoms with van der Waals surface area (Å²) in [7, 11) is 0. The van der Waals surface area contributed by atoms with E-state index in [-0.39, 0.29) is 19.1 Å². The highest BCUT2D eigenvalue weighted by atomic mass is 16.5. The van der Waals surface area contributed by atoms with E-state index in [4.69, 9.17) is 14.3 Å². The molecule has 1 aliphatic rings. The number of aliphatic carboxylic acids is 1. The molecule has 1 aromatic heterocycles. The van der Waals surface area contributed by atoms with Gasteiger partial charge in [-0.05, 0) is 18.2 Å². The second-order valence-electron chi connectivity index (χ2n) is 3.83. The van der Waals surface area contributed by atoms with Crippen molar-refractivity contribution >= 4 is 18.0 Å². The number of amides is 1. The fourth-order valence-electron chi connectivity index (χ4n) is 1.64. The van der Waals surface area contributed by atoms with Crippen LogP contribution in [0.1, 0.15) is 5.76 Å². The van der Waals surface area contributed by atoms with E-state index in [1.807, 2.05) is 0 Å². The summed E-state index contributed by atoms with van der Waals surface area (Å²) in [4.78, 5) is 24.0. The Balaban J connectivity index is 1.94. The first-order valence-electron chi connectivity index (χ1n) is 5.52. The molecule has 0 aromatic carbocycles. The first-order valence-corrected chi connectivity index (χ1v) is 5.52. The number of carbonyl (C=O) groups excluding carboxylic acids is 1. The maximum absolute atomic E-state index is 11.8. The predicted molar refractivity (Wildman–Crippen MR) is 61.7 cm³/mol. The first kappa shape index (κ1) is 12.4. The molecule has 6 nitrogen and oxygen atoms in total. The highest BCUT2D eigenvalue weighted by Crippen LogP contribution is 2.08. The Kier molecular flexibility index (Phi) is 3.78. The molecular weight excluding hydrogens is 238 g/mol. The Bertz CT molecular complexity index is 451. The first-order chi connectivity index (χ1) is 8.66. The molecule has 2 heterocycles. The number of carboxylic acid groups (broad SMARTS) is 1. The average molecular weight is 251 g/mol. The van der Waals surface area contributed by atoms with Gasteiger partial charge in [0.1, 0.15) is 5.76 Å². The molecule has 96 valence electrons. The SMILES string of the molecule is O=C(O)[C@H]1CN(C(=O)/C=C\c2ccco2)CCO1. The second kappa shape index (κ2) is 5.50. The van der Waals surface area contributed by atoms with E-state index in [0.29, 0.717) is 12.3 Å². The molecule has 1 fully saturated rings. The average Bonchev–Trinajstić information content (AvgIpc) is 2.89. The van der Waals surface area contributed by atoms with E-state index < -0.39 is 12.1 Å². The molecule has 1 amide bonds. The third-order valence-corrected chi connectivity index (χ3v) is 2.59. The molecule has 0 saturated carbocycles. The number of hydrogen-bond donors (Lipinski definition) is 1. The van der Waals surface area contributed by atoms with Crippen LogP contribution in [0.2, 0.25) is 0 Å². The molecule has 2 rings (SSSR count). The van der Waals surface area contributed by atoms with E-state index in [1.165, 1.54) is 17.2 Å². The molecule has 0 bridgehead atoms. The van der Waals surface area contributed by atoms with Crippen molar-refractivity contribution in [2.75, 3.05) is 19.7 Å². The van der Waals surface area contributed by atoms with Crippen LogP contribution in [0.15, 0.2) is 28.9 Å². The molecule has 1 saturated heterocycles. The highest BCUT2D eigenvalue weighted by Gasteiger charge is 2.27. The van der Waals surface area contributed by atoms with Crippen molar-refractivity contribution in [2.24, 2.45) is 0 Å². The molecule has 0 aliphatic carbocycles. The Morgan fingerprint density at radius 2 is 2.33 bits per heavy atom. The lowest BCUT2D eigenvalue weighted by Gasteiger charge is -2.29. The van der Waals surface area contributed by atoms with Gasteiger partial charge in [-0.3, -0.25) is 4.79 Å². The van der Waals surface area contributed by atoms with Gasteiger partial charge in [-0.1, -0.05) is 0 Å². The van der Waals surface area contributed by atoms with Crippen LogP contribution < -0.4 is 0 Å². The number of carboxylic acids is 1. The zero-order valence-corrected chi connectivity index (χ0v) is 9.61. The van der Waals surface area contributed by atoms with Crippen LogP contribution in [-0.2, 0) is 14.3 Å². The number of hydrogen-bond acceptors (Lipinski definition) is 4. The van der Waals surface area contributed by atoms with Gasteiger partial charge in [0.2, 0.25) is 5.91 Å². The Morgan fingerprint density at radius 3 is 3.00 bits per heavy atom. The van der Waals surface area contributed by atoms with Crippen LogP contribution in [0.4, 0.5) is 0 Å². The van der Waals surface area contributed by atoms with Crippen molar-refractivity contribution in [1.29, 1.82) is 0 Å². The van der Waals surface area contributed by atoms with E-state index in [0.717, 1.165) is 0 Å². The highest BCUT2D eigenvalue weighted by molar-refractivity contribution is 5.91.